The minimum atomic E-state index is 0.801. The maximum absolute atomic E-state index is 4.29. The van der Waals surface area contributed by atoms with Crippen molar-refractivity contribution in [2.45, 2.75) is 20.8 Å². The molecule has 24 heavy (non-hydrogen) atoms. The Kier molecular flexibility index (Phi) is 9.29. The van der Waals surface area contributed by atoms with Gasteiger partial charge in [-0.25, -0.2) is 0 Å². The van der Waals surface area contributed by atoms with Gasteiger partial charge in [0.15, 0.2) is 0 Å². The van der Waals surface area contributed by atoms with E-state index in [0.29, 0.717) is 0 Å². The highest BCUT2D eigenvalue weighted by Gasteiger charge is 2.05. The Morgan fingerprint density at radius 2 is 2.08 bits per heavy atom. The van der Waals surface area contributed by atoms with Crippen molar-refractivity contribution < 1.29 is 0 Å². The molecule has 0 amide bonds. The van der Waals surface area contributed by atoms with Crippen LogP contribution in [0.15, 0.2) is 106 Å². The predicted octanol–water partition coefficient (Wildman–Crippen LogP) is 6.49. The molecule has 1 aliphatic carbocycles. The van der Waals surface area contributed by atoms with Crippen molar-refractivity contribution in [3.63, 3.8) is 0 Å². The molecule has 2 heteroatoms. The fourth-order valence-corrected chi connectivity index (χ4v) is 2.83. The third-order valence-electron chi connectivity index (χ3n) is 2.97. The molecule has 0 aromatic rings. The second kappa shape index (κ2) is 11.3. The average molecular weight is 336 g/mol. The molecule has 0 N–H and O–H groups in total. The summed E-state index contributed by atoms with van der Waals surface area (Å²) in [5, 5.41) is 0. The van der Waals surface area contributed by atoms with E-state index in [1.807, 2.05) is 43.5 Å². The van der Waals surface area contributed by atoms with Crippen molar-refractivity contribution in [3.05, 3.63) is 101 Å². The molecule has 0 fully saturated rings. The second-order valence-electron chi connectivity index (χ2n) is 5.38. The largest absolute Gasteiger partial charge is 0.269 e. The number of hydrogen-bond donors (Lipinski definition) is 0. The van der Waals surface area contributed by atoms with E-state index < -0.39 is 0 Å². The van der Waals surface area contributed by atoms with Crippen LogP contribution in [0.2, 0.25) is 0 Å². The summed E-state index contributed by atoms with van der Waals surface area (Å²) in [6, 6.07) is 0. The SMILES string of the molecule is C=CC(=C\C(=C)C=C(C)C)/C(=C/N=CC)CSC1=CC=CC=C=C1. The molecule has 0 aromatic heterocycles. The highest BCUT2D eigenvalue weighted by molar-refractivity contribution is 8.03. The highest BCUT2D eigenvalue weighted by Crippen LogP contribution is 2.25. The molecule has 0 spiro atoms. The van der Waals surface area contributed by atoms with Crippen molar-refractivity contribution in [2.75, 3.05) is 5.75 Å². The van der Waals surface area contributed by atoms with Crippen LogP contribution in [-0.2, 0) is 0 Å². The van der Waals surface area contributed by atoms with E-state index in [1.54, 1.807) is 18.0 Å². The summed E-state index contributed by atoms with van der Waals surface area (Å²) in [7, 11) is 0. The van der Waals surface area contributed by atoms with E-state index in [1.165, 1.54) is 5.57 Å². The van der Waals surface area contributed by atoms with Gasteiger partial charge in [-0.3, -0.25) is 4.99 Å². The molecule has 1 rings (SSSR count). The van der Waals surface area contributed by atoms with Gasteiger partial charge < -0.3 is 0 Å². The van der Waals surface area contributed by atoms with E-state index in [9.17, 15) is 0 Å². The lowest BCUT2D eigenvalue weighted by Gasteiger charge is -2.09. The van der Waals surface area contributed by atoms with Crippen LogP contribution in [0.25, 0.3) is 0 Å². The van der Waals surface area contributed by atoms with Crippen LogP contribution in [0.4, 0.5) is 0 Å². The summed E-state index contributed by atoms with van der Waals surface area (Å²) in [6.07, 6.45) is 19.6. The van der Waals surface area contributed by atoms with Crippen LogP contribution < -0.4 is 0 Å². The third-order valence-corrected chi connectivity index (χ3v) is 4.01. The van der Waals surface area contributed by atoms with Crippen LogP contribution in [0.3, 0.4) is 0 Å². The number of thioether (sulfide) groups is 1. The predicted molar refractivity (Wildman–Crippen MR) is 111 cm³/mol. The molecule has 1 aliphatic rings. The lowest BCUT2D eigenvalue weighted by Crippen LogP contribution is -1.92. The molecule has 0 saturated carbocycles. The molecule has 0 radical (unpaired) electrons. The molecule has 0 unspecified atom stereocenters. The lowest BCUT2D eigenvalue weighted by molar-refractivity contribution is 1.35. The zero-order valence-corrected chi connectivity index (χ0v) is 15.6. The van der Waals surface area contributed by atoms with Crippen molar-refractivity contribution >= 4 is 18.0 Å². The maximum Gasteiger partial charge on any atom is 0.0310 e. The molecule has 0 saturated heterocycles. The number of hydrogen-bond acceptors (Lipinski definition) is 2. The number of rotatable bonds is 8. The number of nitrogens with zero attached hydrogens (tertiary/aromatic N) is 1. The van der Waals surface area contributed by atoms with Gasteiger partial charge in [-0.2, -0.15) is 0 Å². The van der Waals surface area contributed by atoms with Gasteiger partial charge in [0.2, 0.25) is 0 Å². The topological polar surface area (TPSA) is 12.4 Å². The molecule has 124 valence electrons. The fraction of sp³-hybridized carbons (Fsp3) is 0.182. The average Bonchev–Trinajstić information content (AvgIpc) is 2.81. The standard InChI is InChI=1S/C22H25NS/c1-6-20(15-19(5)14-18(3)4)21(16-23-7-2)17-24-22-12-10-8-9-11-13-22/h6-10,12-16H,1,5,17H2,2-4H3/b20-15+,21-16+,23-7?. The highest BCUT2D eigenvalue weighted by atomic mass is 32.2. The van der Waals surface area contributed by atoms with Gasteiger partial charge in [-0.15, -0.1) is 17.5 Å². The maximum atomic E-state index is 4.29. The van der Waals surface area contributed by atoms with E-state index in [0.717, 1.165) is 27.4 Å². The van der Waals surface area contributed by atoms with Crippen LogP contribution >= 0.6 is 11.8 Å². The molecule has 0 atom stereocenters. The molecule has 1 nitrogen and oxygen atoms in total. The zero-order chi connectivity index (χ0) is 17.8. The summed E-state index contributed by atoms with van der Waals surface area (Å²) >= 11 is 1.75. The van der Waals surface area contributed by atoms with Gasteiger partial charge in [-0.05, 0) is 61.8 Å². The fourth-order valence-electron chi connectivity index (χ4n) is 1.95. The first-order valence-corrected chi connectivity index (χ1v) is 8.82. The molecule has 0 aliphatic heterocycles. The molecule has 0 bridgehead atoms. The van der Waals surface area contributed by atoms with E-state index in [4.69, 9.17) is 0 Å². The summed E-state index contributed by atoms with van der Waals surface area (Å²) in [5.41, 5.74) is 7.46. The first kappa shape index (κ1) is 19.8. The smallest absolute Gasteiger partial charge is 0.0310 e. The summed E-state index contributed by atoms with van der Waals surface area (Å²) in [5.74, 6) is 0.801. The van der Waals surface area contributed by atoms with Crippen LogP contribution in [0, 0.1) is 0 Å². The Morgan fingerprint density at radius 3 is 2.75 bits per heavy atom. The molecule has 0 heterocycles. The van der Waals surface area contributed by atoms with Crippen molar-refractivity contribution in [2.24, 2.45) is 4.99 Å². The first-order chi connectivity index (χ1) is 11.6. The Hall–Kier alpha value is -2.28. The molecule has 0 aromatic carbocycles. The normalized spacial score (nSPS) is 14.5. The number of allylic oxidation sites excluding steroid dienone is 10. The van der Waals surface area contributed by atoms with Crippen LogP contribution in [0.5, 0.6) is 0 Å². The van der Waals surface area contributed by atoms with Gasteiger partial charge in [-0.1, -0.05) is 43.0 Å². The lowest BCUT2D eigenvalue weighted by atomic mass is 10.0. The quantitative estimate of drug-likeness (QED) is 0.280. The third kappa shape index (κ3) is 7.82. The monoisotopic (exact) mass is 335 g/mol. The van der Waals surface area contributed by atoms with Gasteiger partial charge >= 0.3 is 0 Å². The van der Waals surface area contributed by atoms with Gasteiger partial charge in [0, 0.05) is 23.1 Å². The Bertz CT molecular complexity index is 711. The second-order valence-corrected chi connectivity index (χ2v) is 6.43. The Balaban J connectivity index is 3.00. The van der Waals surface area contributed by atoms with Crippen LogP contribution in [-0.4, -0.2) is 12.0 Å². The summed E-state index contributed by atoms with van der Waals surface area (Å²) < 4.78 is 0. The van der Waals surface area contributed by atoms with E-state index in [2.05, 4.69) is 56.0 Å². The minimum absolute atomic E-state index is 0.801. The van der Waals surface area contributed by atoms with Crippen molar-refractivity contribution in [1.29, 1.82) is 0 Å². The minimum Gasteiger partial charge on any atom is -0.269 e. The van der Waals surface area contributed by atoms with Crippen molar-refractivity contribution in [1.82, 2.24) is 0 Å². The van der Waals surface area contributed by atoms with Gasteiger partial charge in [0.25, 0.3) is 0 Å². The van der Waals surface area contributed by atoms with E-state index >= 15 is 0 Å². The zero-order valence-electron chi connectivity index (χ0n) is 14.8. The molecular weight excluding hydrogens is 310 g/mol. The van der Waals surface area contributed by atoms with Crippen molar-refractivity contribution in [3.8, 4) is 0 Å². The molecular formula is C22H25NS. The summed E-state index contributed by atoms with van der Waals surface area (Å²) in [6.45, 7) is 14.1. The number of aliphatic imine (C=N–C) groups is 1. The van der Waals surface area contributed by atoms with Crippen LogP contribution in [0.1, 0.15) is 20.8 Å². The van der Waals surface area contributed by atoms with Gasteiger partial charge in [0.1, 0.15) is 0 Å². The van der Waals surface area contributed by atoms with Gasteiger partial charge in [0.05, 0.1) is 0 Å². The summed E-state index contributed by atoms with van der Waals surface area (Å²) in [4.78, 5) is 5.46. The Morgan fingerprint density at radius 1 is 1.29 bits per heavy atom. The Labute approximate surface area is 150 Å². The van der Waals surface area contributed by atoms with E-state index in [-0.39, 0.29) is 0 Å². The first-order valence-electron chi connectivity index (χ1n) is 7.84.